The van der Waals surface area contributed by atoms with E-state index in [-0.39, 0.29) is 6.04 Å². The Hall–Kier alpha value is -1.03. The molecular formula is C14H28N4. The summed E-state index contributed by atoms with van der Waals surface area (Å²) in [7, 11) is 2.03. The van der Waals surface area contributed by atoms with Gasteiger partial charge in [0.15, 0.2) is 0 Å². The lowest BCUT2D eigenvalue weighted by atomic mass is 10.1. The van der Waals surface area contributed by atoms with Crippen LogP contribution in [0.3, 0.4) is 0 Å². The molecule has 0 aliphatic heterocycles. The van der Waals surface area contributed by atoms with Crippen molar-refractivity contribution in [1.29, 1.82) is 0 Å². The monoisotopic (exact) mass is 252 g/mol. The summed E-state index contributed by atoms with van der Waals surface area (Å²) in [4.78, 5) is 2.44. The number of hydrogen-bond donors (Lipinski definition) is 1. The van der Waals surface area contributed by atoms with Crippen molar-refractivity contribution in [2.45, 2.75) is 53.0 Å². The molecule has 1 unspecified atom stereocenters. The quantitative estimate of drug-likeness (QED) is 0.809. The minimum atomic E-state index is 0.178. The highest BCUT2D eigenvalue weighted by Crippen LogP contribution is 2.25. The maximum atomic E-state index is 5.96. The van der Waals surface area contributed by atoms with E-state index in [1.807, 2.05) is 11.7 Å². The molecule has 0 aliphatic rings. The Balaban J connectivity index is 3.09. The van der Waals surface area contributed by atoms with Gasteiger partial charge in [0, 0.05) is 31.7 Å². The highest BCUT2D eigenvalue weighted by atomic mass is 15.4. The smallest absolute Gasteiger partial charge is 0.130 e. The third-order valence-corrected chi connectivity index (χ3v) is 3.13. The van der Waals surface area contributed by atoms with Crippen molar-refractivity contribution in [2.75, 3.05) is 18.0 Å². The number of hydrogen-bond acceptors (Lipinski definition) is 3. The first-order valence-electron chi connectivity index (χ1n) is 7.04. The van der Waals surface area contributed by atoms with Gasteiger partial charge in [0.25, 0.3) is 0 Å². The zero-order valence-electron chi connectivity index (χ0n) is 12.5. The number of rotatable bonds is 7. The summed E-state index contributed by atoms with van der Waals surface area (Å²) in [6, 6.07) is 0.178. The summed E-state index contributed by atoms with van der Waals surface area (Å²) < 4.78 is 2.01. The molecule has 0 spiro atoms. The molecule has 0 aliphatic carbocycles. The van der Waals surface area contributed by atoms with Crippen LogP contribution in [0.2, 0.25) is 0 Å². The Morgan fingerprint density at radius 2 is 1.83 bits per heavy atom. The van der Waals surface area contributed by atoms with Crippen LogP contribution in [0, 0.1) is 6.92 Å². The summed E-state index contributed by atoms with van der Waals surface area (Å²) in [5.74, 6) is 1.26. The number of nitrogens with zero attached hydrogens (tertiary/aromatic N) is 3. The van der Waals surface area contributed by atoms with Crippen LogP contribution in [0.4, 0.5) is 5.82 Å². The van der Waals surface area contributed by atoms with Crippen molar-refractivity contribution >= 4 is 5.82 Å². The van der Waals surface area contributed by atoms with Gasteiger partial charge in [-0.3, -0.25) is 4.68 Å². The Morgan fingerprint density at radius 1 is 1.28 bits per heavy atom. The molecule has 4 heteroatoms. The maximum Gasteiger partial charge on any atom is 0.130 e. The van der Waals surface area contributed by atoms with Crippen LogP contribution in [-0.4, -0.2) is 28.9 Å². The molecule has 1 heterocycles. The summed E-state index contributed by atoms with van der Waals surface area (Å²) in [6.45, 7) is 10.7. The maximum absolute atomic E-state index is 5.96. The second-order valence-corrected chi connectivity index (χ2v) is 5.18. The lowest BCUT2D eigenvalue weighted by Gasteiger charge is -2.25. The van der Waals surface area contributed by atoms with E-state index in [1.165, 1.54) is 11.4 Å². The molecule has 0 amide bonds. The van der Waals surface area contributed by atoms with E-state index < -0.39 is 0 Å². The minimum Gasteiger partial charge on any atom is -0.357 e. The van der Waals surface area contributed by atoms with Gasteiger partial charge in [0.1, 0.15) is 5.82 Å². The van der Waals surface area contributed by atoms with E-state index in [0.717, 1.165) is 38.0 Å². The predicted molar refractivity (Wildman–Crippen MR) is 78.1 cm³/mol. The topological polar surface area (TPSA) is 47.1 Å². The van der Waals surface area contributed by atoms with Crippen LogP contribution < -0.4 is 10.6 Å². The predicted octanol–water partition coefficient (Wildman–Crippen LogP) is 2.24. The zero-order chi connectivity index (χ0) is 13.7. The van der Waals surface area contributed by atoms with Gasteiger partial charge < -0.3 is 10.6 Å². The number of aryl methyl sites for hydroxylation is 2. The van der Waals surface area contributed by atoms with Gasteiger partial charge in [0.2, 0.25) is 0 Å². The third kappa shape index (κ3) is 3.48. The molecule has 1 rings (SSSR count). The van der Waals surface area contributed by atoms with Crippen molar-refractivity contribution in [3.8, 4) is 0 Å². The molecule has 0 radical (unpaired) electrons. The fourth-order valence-corrected chi connectivity index (χ4v) is 2.51. The van der Waals surface area contributed by atoms with E-state index in [1.54, 1.807) is 0 Å². The number of nitrogens with two attached hydrogens (primary N) is 1. The molecule has 1 atom stereocenters. The molecule has 18 heavy (non-hydrogen) atoms. The molecule has 0 saturated carbocycles. The van der Waals surface area contributed by atoms with Crippen LogP contribution in [0.25, 0.3) is 0 Å². The second kappa shape index (κ2) is 6.78. The van der Waals surface area contributed by atoms with Crippen LogP contribution in [0.5, 0.6) is 0 Å². The number of aromatic nitrogens is 2. The van der Waals surface area contributed by atoms with E-state index in [9.17, 15) is 0 Å². The van der Waals surface area contributed by atoms with Crippen LogP contribution in [0.1, 0.15) is 44.9 Å². The third-order valence-electron chi connectivity index (χ3n) is 3.13. The average Bonchev–Trinajstić information content (AvgIpc) is 2.53. The molecule has 0 bridgehead atoms. The van der Waals surface area contributed by atoms with Crippen LogP contribution >= 0.6 is 0 Å². The fraction of sp³-hybridized carbons (Fsp3) is 0.786. The first kappa shape index (κ1) is 15.0. The molecular weight excluding hydrogens is 224 g/mol. The fourth-order valence-electron chi connectivity index (χ4n) is 2.51. The molecule has 1 aromatic rings. The van der Waals surface area contributed by atoms with Gasteiger partial charge in [-0.05, 0) is 33.1 Å². The molecule has 2 N–H and O–H groups in total. The summed E-state index contributed by atoms with van der Waals surface area (Å²) in [5, 5.41) is 4.57. The van der Waals surface area contributed by atoms with E-state index >= 15 is 0 Å². The van der Waals surface area contributed by atoms with Gasteiger partial charge in [-0.25, -0.2) is 0 Å². The Bertz CT molecular complexity index is 362. The number of anilines is 1. The van der Waals surface area contributed by atoms with Crippen molar-refractivity contribution in [1.82, 2.24) is 9.78 Å². The lowest BCUT2D eigenvalue weighted by Crippen LogP contribution is -2.29. The van der Waals surface area contributed by atoms with Crippen molar-refractivity contribution in [3.63, 3.8) is 0 Å². The molecule has 104 valence electrons. The largest absolute Gasteiger partial charge is 0.357 e. The first-order chi connectivity index (χ1) is 8.51. The molecule has 0 saturated heterocycles. The van der Waals surface area contributed by atoms with Gasteiger partial charge in [0.05, 0.1) is 5.69 Å². The Morgan fingerprint density at radius 3 is 2.28 bits per heavy atom. The average molecular weight is 252 g/mol. The van der Waals surface area contributed by atoms with Gasteiger partial charge in [-0.1, -0.05) is 13.8 Å². The van der Waals surface area contributed by atoms with Gasteiger partial charge in [-0.15, -0.1) is 0 Å². The van der Waals surface area contributed by atoms with E-state index in [0.29, 0.717) is 0 Å². The summed E-state index contributed by atoms with van der Waals surface area (Å²) in [6.07, 6.45) is 3.21. The van der Waals surface area contributed by atoms with Crippen molar-refractivity contribution in [2.24, 2.45) is 12.8 Å². The molecule has 0 fully saturated rings. The Kier molecular flexibility index (Phi) is 5.66. The minimum absolute atomic E-state index is 0.178. The van der Waals surface area contributed by atoms with Gasteiger partial charge >= 0.3 is 0 Å². The standard InChI is InChI=1S/C14H28N4/c1-6-8-18(9-7-2)14-13(10-11(3)15)12(4)16-17(14)5/h11H,6-10,15H2,1-5H3. The normalized spacial score (nSPS) is 12.8. The van der Waals surface area contributed by atoms with Crippen LogP contribution in [-0.2, 0) is 13.5 Å². The van der Waals surface area contributed by atoms with E-state index in [4.69, 9.17) is 5.73 Å². The summed E-state index contributed by atoms with van der Waals surface area (Å²) >= 11 is 0. The highest BCUT2D eigenvalue weighted by Gasteiger charge is 2.19. The summed E-state index contributed by atoms with van der Waals surface area (Å²) in [5.41, 5.74) is 8.39. The van der Waals surface area contributed by atoms with Gasteiger partial charge in [-0.2, -0.15) is 5.10 Å². The zero-order valence-corrected chi connectivity index (χ0v) is 12.5. The molecule has 0 aromatic carbocycles. The van der Waals surface area contributed by atoms with Crippen LogP contribution in [0.15, 0.2) is 0 Å². The second-order valence-electron chi connectivity index (χ2n) is 5.18. The first-order valence-corrected chi connectivity index (χ1v) is 7.04. The highest BCUT2D eigenvalue weighted by molar-refractivity contribution is 5.50. The van der Waals surface area contributed by atoms with E-state index in [2.05, 4.69) is 37.7 Å². The lowest BCUT2D eigenvalue weighted by molar-refractivity contribution is 0.670. The molecule has 4 nitrogen and oxygen atoms in total. The molecule has 1 aromatic heterocycles. The Labute approximate surface area is 111 Å². The SMILES string of the molecule is CCCN(CCC)c1c(CC(C)N)c(C)nn1C. The van der Waals surface area contributed by atoms with Crippen molar-refractivity contribution in [3.05, 3.63) is 11.3 Å². The van der Waals surface area contributed by atoms with Crippen molar-refractivity contribution < 1.29 is 0 Å².